The number of amides is 1. The molecule has 0 radical (unpaired) electrons. The second-order valence-electron chi connectivity index (χ2n) is 7.11. The second kappa shape index (κ2) is 12.0. The molecule has 154 valence electrons. The molecule has 0 aliphatic rings. The van der Waals surface area contributed by atoms with Gasteiger partial charge in [-0.2, -0.15) is 0 Å². The van der Waals surface area contributed by atoms with Crippen LogP contribution in [-0.4, -0.2) is 29.7 Å². The van der Waals surface area contributed by atoms with Crippen molar-refractivity contribution in [2.75, 3.05) is 13.1 Å². The van der Waals surface area contributed by atoms with Crippen LogP contribution in [0.15, 0.2) is 68.5 Å². The monoisotopic (exact) mass is 466 g/mol. The summed E-state index contributed by atoms with van der Waals surface area (Å²) in [5.41, 5.74) is 6.45. The number of hydrogen-bond acceptors (Lipinski definition) is 4. The van der Waals surface area contributed by atoms with Crippen LogP contribution in [0.5, 0.6) is 0 Å². The fourth-order valence-corrected chi connectivity index (χ4v) is 3.29. The Bertz CT molecular complexity index is 719. The molecule has 6 heteroatoms. The summed E-state index contributed by atoms with van der Waals surface area (Å²) in [6.45, 7) is 10.8. The number of nitrogens with zero attached hydrogens (tertiary/aromatic N) is 1. The molecule has 0 atom stereocenters. The molecule has 4 nitrogen and oxygen atoms in total. The van der Waals surface area contributed by atoms with E-state index in [0.717, 1.165) is 20.7 Å². The van der Waals surface area contributed by atoms with Gasteiger partial charge >= 0.3 is 6.09 Å². The molecule has 0 spiro atoms. The van der Waals surface area contributed by atoms with Crippen LogP contribution in [0.4, 0.5) is 4.79 Å². The quantitative estimate of drug-likeness (QED) is 0.351. The van der Waals surface area contributed by atoms with E-state index in [0.29, 0.717) is 18.8 Å². The summed E-state index contributed by atoms with van der Waals surface area (Å²) in [6.07, 6.45) is 8.31. The average Bonchev–Trinajstić information content (AvgIpc) is 2.62. The van der Waals surface area contributed by atoms with E-state index in [2.05, 4.69) is 28.1 Å². The van der Waals surface area contributed by atoms with Gasteiger partial charge in [0.05, 0.1) is 0 Å². The SMILES string of the molecule is C\C=C(Sc1ccc(Br)cc1)/C(N)=C\C=C\CCN(CC)C(=O)OC(C)(C)C. The van der Waals surface area contributed by atoms with Crippen molar-refractivity contribution in [3.8, 4) is 0 Å². The number of thioether (sulfide) groups is 1. The van der Waals surface area contributed by atoms with E-state index in [1.165, 1.54) is 0 Å². The Balaban J connectivity index is 2.57. The van der Waals surface area contributed by atoms with Gasteiger partial charge in [0.2, 0.25) is 0 Å². The van der Waals surface area contributed by atoms with Gasteiger partial charge in [-0.25, -0.2) is 4.79 Å². The highest BCUT2D eigenvalue weighted by atomic mass is 79.9. The van der Waals surface area contributed by atoms with E-state index in [4.69, 9.17) is 10.5 Å². The Labute approximate surface area is 182 Å². The Morgan fingerprint density at radius 2 is 1.93 bits per heavy atom. The Hall–Kier alpha value is -1.66. The number of carbonyl (C=O) groups excluding carboxylic acids is 1. The molecule has 0 aliphatic heterocycles. The van der Waals surface area contributed by atoms with Crippen LogP contribution in [0.1, 0.15) is 41.0 Å². The Morgan fingerprint density at radius 3 is 2.46 bits per heavy atom. The summed E-state index contributed by atoms with van der Waals surface area (Å²) in [7, 11) is 0. The van der Waals surface area contributed by atoms with Crippen LogP contribution in [0.2, 0.25) is 0 Å². The average molecular weight is 467 g/mol. The fourth-order valence-electron chi connectivity index (χ4n) is 2.20. The van der Waals surface area contributed by atoms with Crippen molar-refractivity contribution in [3.63, 3.8) is 0 Å². The number of hydrogen-bond donors (Lipinski definition) is 1. The number of carbonyl (C=O) groups is 1. The van der Waals surface area contributed by atoms with Gasteiger partial charge in [0, 0.05) is 33.1 Å². The lowest BCUT2D eigenvalue weighted by Crippen LogP contribution is -2.37. The fraction of sp³-hybridized carbons (Fsp3) is 0.409. The molecule has 2 N–H and O–H groups in total. The lowest BCUT2D eigenvalue weighted by Gasteiger charge is -2.26. The molecule has 0 saturated carbocycles. The molecule has 1 aromatic rings. The van der Waals surface area contributed by atoms with Gasteiger partial charge in [-0.1, -0.05) is 45.9 Å². The molecule has 0 bridgehead atoms. The summed E-state index contributed by atoms with van der Waals surface area (Å²) in [6, 6.07) is 8.13. The van der Waals surface area contributed by atoms with Gasteiger partial charge in [-0.05, 0) is 71.4 Å². The summed E-state index contributed by atoms with van der Waals surface area (Å²) in [5, 5.41) is 0. The van der Waals surface area contributed by atoms with Gasteiger partial charge < -0.3 is 15.4 Å². The van der Waals surface area contributed by atoms with E-state index < -0.39 is 5.60 Å². The number of rotatable bonds is 8. The molecule has 1 rings (SSSR count). The van der Waals surface area contributed by atoms with Crippen molar-refractivity contribution in [1.29, 1.82) is 0 Å². The van der Waals surface area contributed by atoms with Crippen molar-refractivity contribution in [2.24, 2.45) is 5.73 Å². The number of halogens is 1. The zero-order chi connectivity index (χ0) is 21.2. The standard InChI is InChI=1S/C22H31BrN2O2S/c1-6-20(28-18-14-12-17(23)13-15-18)19(24)11-9-8-10-16-25(7-2)21(26)27-22(3,4)5/h6,8-9,11-15H,7,10,16,24H2,1-5H3/b9-8+,19-11+,20-6+. The molecule has 1 amide bonds. The minimum Gasteiger partial charge on any atom is -0.444 e. The van der Waals surface area contributed by atoms with E-state index in [-0.39, 0.29) is 6.09 Å². The van der Waals surface area contributed by atoms with Crippen LogP contribution in [-0.2, 0) is 4.74 Å². The molecular weight excluding hydrogens is 436 g/mol. The normalized spacial score (nSPS) is 13.1. The first-order chi connectivity index (χ1) is 13.2. The number of ether oxygens (including phenoxy) is 1. The summed E-state index contributed by atoms with van der Waals surface area (Å²) >= 11 is 5.07. The summed E-state index contributed by atoms with van der Waals surface area (Å²) < 4.78 is 6.47. The zero-order valence-corrected chi connectivity index (χ0v) is 19.8. The molecule has 0 aliphatic carbocycles. The maximum absolute atomic E-state index is 12.1. The number of nitrogens with two attached hydrogens (primary N) is 1. The molecule has 0 unspecified atom stereocenters. The third kappa shape index (κ3) is 9.51. The minimum absolute atomic E-state index is 0.277. The molecule has 0 fully saturated rings. The smallest absolute Gasteiger partial charge is 0.410 e. The van der Waals surface area contributed by atoms with Crippen LogP contribution in [0.25, 0.3) is 0 Å². The predicted molar refractivity (Wildman–Crippen MR) is 123 cm³/mol. The van der Waals surface area contributed by atoms with Crippen LogP contribution >= 0.6 is 27.7 Å². The lowest BCUT2D eigenvalue weighted by molar-refractivity contribution is 0.0263. The van der Waals surface area contributed by atoms with Gasteiger partial charge in [0.1, 0.15) is 5.60 Å². The van der Waals surface area contributed by atoms with Crippen molar-refractivity contribution >= 4 is 33.8 Å². The first-order valence-electron chi connectivity index (χ1n) is 9.36. The topological polar surface area (TPSA) is 55.6 Å². The summed E-state index contributed by atoms with van der Waals surface area (Å²) in [5.74, 6) is 0. The van der Waals surface area contributed by atoms with Crippen LogP contribution in [0.3, 0.4) is 0 Å². The second-order valence-corrected chi connectivity index (χ2v) is 9.14. The third-order valence-electron chi connectivity index (χ3n) is 3.60. The summed E-state index contributed by atoms with van der Waals surface area (Å²) in [4.78, 5) is 16.0. The Kier molecular flexibility index (Phi) is 10.5. The van der Waals surface area contributed by atoms with Gasteiger partial charge in [-0.15, -0.1) is 0 Å². The third-order valence-corrected chi connectivity index (χ3v) is 5.33. The van der Waals surface area contributed by atoms with Crippen molar-refractivity contribution in [3.05, 3.63) is 63.6 Å². The highest BCUT2D eigenvalue weighted by Crippen LogP contribution is 2.30. The maximum atomic E-state index is 12.1. The molecular formula is C22H31BrN2O2S. The largest absolute Gasteiger partial charge is 0.444 e. The van der Waals surface area contributed by atoms with E-state index in [1.807, 2.05) is 71.1 Å². The lowest BCUT2D eigenvalue weighted by atomic mass is 10.2. The highest BCUT2D eigenvalue weighted by molar-refractivity contribution is 9.10. The van der Waals surface area contributed by atoms with Crippen LogP contribution < -0.4 is 5.73 Å². The molecule has 0 heterocycles. The number of allylic oxidation sites excluding steroid dienone is 3. The minimum atomic E-state index is -0.479. The van der Waals surface area contributed by atoms with Crippen molar-refractivity contribution in [2.45, 2.75) is 51.5 Å². The first kappa shape index (κ1) is 24.4. The molecule has 0 saturated heterocycles. The van der Waals surface area contributed by atoms with Gasteiger partial charge in [0.25, 0.3) is 0 Å². The first-order valence-corrected chi connectivity index (χ1v) is 11.0. The molecule has 0 aromatic heterocycles. The van der Waals surface area contributed by atoms with Crippen molar-refractivity contribution < 1.29 is 9.53 Å². The van der Waals surface area contributed by atoms with Crippen LogP contribution in [0, 0.1) is 0 Å². The van der Waals surface area contributed by atoms with E-state index >= 15 is 0 Å². The number of benzene rings is 1. The van der Waals surface area contributed by atoms with Crippen molar-refractivity contribution in [1.82, 2.24) is 4.90 Å². The van der Waals surface area contributed by atoms with Gasteiger partial charge in [-0.3, -0.25) is 0 Å². The zero-order valence-electron chi connectivity index (χ0n) is 17.4. The maximum Gasteiger partial charge on any atom is 0.410 e. The highest BCUT2D eigenvalue weighted by Gasteiger charge is 2.20. The Morgan fingerprint density at radius 1 is 1.29 bits per heavy atom. The molecule has 1 aromatic carbocycles. The van der Waals surface area contributed by atoms with E-state index in [1.54, 1.807) is 16.7 Å². The predicted octanol–water partition coefficient (Wildman–Crippen LogP) is 6.49. The van der Waals surface area contributed by atoms with E-state index in [9.17, 15) is 4.79 Å². The molecule has 28 heavy (non-hydrogen) atoms. The van der Waals surface area contributed by atoms with Gasteiger partial charge in [0.15, 0.2) is 0 Å².